The predicted octanol–water partition coefficient (Wildman–Crippen LogP) is 4.39. The van der Waals surface area contributed by atoms with Crippen LogP contribution in [0.2, 0.25) is 0 Å². The molecule has 0 bridgehead atoms. The Balaban J connectivity index is 0. The Kier molecular flexibility index (Phi) is 28.7. The van der Waals surface area contributed by atoms with E-state index >= 15 is 0 Å². The zero-order valence-corrected chi connectivity index (χ0v) is 20.3. The first-order valence-corrected chi connectivity index (χ1v) is 12.3. The fraction of sp³-hybridized carbons (Fsp3) is 0.889. The SMILES string of the molecule is C=C(CCOOOOOOOCCCCCCCCCCCCC)OOOC.O=P(O)(O)O. The molecule has 0 unspecified atom stereocenters. The van der Waals surface area contributed by atoms with E-state index in [1.54, 1.807) is 0 Å². The van der Waals surface area contributed by atoms with Crippen LogP contribution < -0.4 is 0 Å². The number of rotatable bonds is 24. The van der Waals surface area contributed by atoms with Crippen LogP contribution in [0.4, 0.5) is 0 Å². The molecule has 200 valence electrons. The molecule has 0 aliphatic carbocycles. The molecule has 0 rings (SSSR count). The molecule has 0 aliphatic rings. The van der Waals surface area contributed by atoms with Crippen molar-refractivity contribution in [3.05, 3.63) is 12.3 Å². The Hall–Kier alpha value is -0.710. The van der Waals surface area contributed by atoms with Crippen molar-refractivity contribution >= 4 is 7.82 Å². The van der Waals surface area contributed by atoms with E-state index in [4.69, 9.17) is 24.1 Å². The van der Waals surface area contributed by atoms with Gasteiger partial charge in [0.1, 0.15) is 5.76 Å². The molecule has 14 nitrogen and oxygen atoms in total. The van der Waals surface area contributed by atoms with Crippen LogP contribution in [-0.2, 0) is 54.3 Å². The second kappa shape index (κ2) is 27.5. The zero-order chi connectivity index (χ0) is 25.0. The van der Waals surface area contributed by atoms with Crippen molar-refractivity contribution in [2.45, 2.75) is 84.0 Å². The summed E-state index contributed by atoms with van der Waals surface area (Å²) in [6, 6.07) is 0. The summed E-state index contributed by atoms with van der Waals surface area (Å²) in [5, 5.41) is 24.8. The van der Waals surface area contributed by atoms with Crippen molar-refractivity contribution in [2.75, 3.05) is 20.3 Å². The van der Waals surface area contributed by atoms with Gasteiger partial charge >= 0.3 is 7.82 Å². The minimum atomic E-state index is -4.64. The smallest absolute Gasteiger partial charge is 0.313 e. The summed E-state index contributed by atoms with van der Waals surface area (Å²) in [4.78, 5) is 39.6. The molecule has 0 saturated heterocycles. The summed E-state index contributed by atoms with van der Waals surface area (Å²) in [5.74, 6) is 0.266. The van der Waals surface area contributed by atoms with Gasteiger partial charge in [0.15, 0.2) is 0 Å². The molecule has 0 aromatic rings. The first-order valence-electron chi connectivity index (χ1n) is 10.7. The highest BCUT2D eigenvalue weighted by atomic mass is 31.2. The largest absolute Gasteiger partial charge is 0.466 e. The lowest BCUT2D eigenvalue weighted by Gasteiger charge is -2.04. The van der Waals surface area contributed by atoms with Gasteiger partial charge in [-0.05, 0) is 36.7 Å². The highest BCUT2D eigenvalue weighted by Crippen LogP contribution is 2.25. The van der Waals surface area contributed by atoms with Crippen molar-refractivity contribution in [3.63, 3.8) is 0 Å². The molecule has 0 heterocycles. The van der Waals surface area contributed by atoms with E-state index < -0.39 is 7.82 Å². The maximum absolute atomic E-state index is 8.88. The third-order valence-electron chi connectivity index (χ3n) is 3.72. The Morgan fingerprint density at radius 2 is 1.12 bits per heavy atom. The van der Waals surface area contributed by atoms with Crippen molar-refractivity contribution in [2.24, 2.45) is 0 Å². The van der Waals surface area contributed by atoms with E-state index in [1.165, 1.54) is 64.9 Å². The van der Waals surface area contributed by atoms with Crippen LogP contribution in [0.25, 0.3) is 0 Å². The van der Waals surface area contributed by atoms with Gasteiger partial charge in [-0.2, -0.15) is 4.89 Å². The maximum atomic E-state index is 8.88. The average molecular weight is 510 g/mol. The molecule has 0 aromatic carbocycles. The van der Waals surface area contributed by atoms with Crippen LogP contribution in [0.5, 0.6) is 0 Å². The number of hydrogen-bond donors (Lipinski definition) is 3. The molecule has 0 radical (unpaired) electrons. The summed E-state index contributed by atoms with van der Waals surface area (Å²) in [7, 11) is -3.35. The van der Waals surface area contributed by atoms with Crippen LogP contribution >= 0.6 is 7.82 Å². The van der Waals surface area contributed by atoms with Crippen molar-refractivity contribution in [3.8, 4) is 0 Å². The van der Waals surface area contributed by atoms with E-state index in [-0.39, 0.29) is 18.8 Å². The molecule has 0 spiro atoms. The molecule has 0 aliphatic heterocycles. The Morgan fingerprint density at radius 3 is 1.61 bits per heavy atom. The summed E-state index contributed by atoms with van der Waals surface area (Å²) < 4.78 is 8.88. The lowest BCUT2D eigenvalue weighted by molar-refractivity contribution is -0.790. The van der Waals surface area contributed by atoms with Crippen LogP contribution in [0, 0.1) is 0 Å². The molecular formula is C18H39O14P. The summed E-state index contributed by atoms with van der Waals surface area (Å²) in [5.41, 5.74) is 0. The number of unbranched alkanes of at least 4 members (excludes halogenated alkanes) is 10. The molecule has 0 atom stereocenters. The lowest BCUT2D eigenvalue weighted by Crippen LogP contribution is -2.04. The van der Waals surface area contributed by atoms with Crippen LogP contribution in [-0.4, -0.2) is 35.0 Å². The second-order valence-corrected chi connectivity index (χ2v) is 7.67. The summed E-state index contributed by atoms with van der Waals surface area (Å²) >= 11 is 0. The summed E-state index contributed by atoms with van der Waals surface area (Å²) in [6.45, 7) is 6.21. The van der Waals surface area contributed by atoms with E-state index in [9.17, 15) is 0 Å². The zero-order valence-electron chi connectivity index (χ0n) is 19.4. The molecular weight excluding hydrogens is 471 g/mol. The lowest BCUT2D eigenvalue weighted by atomic mass is 10.1. The summed E-state index contributed by atoms with van der Waals surface area (Å²) in [6.07, 6.45) is 14.1. The third kappa shape index (κ3) is 42.0. The highest BCUT2D eigenvalue weighted by molar-refractivity contribution is 7.45. The first-order chi connectivity index (χ1) is 15.8. The fourth-order valence-corrected chi connectivity index (χ4v) is 2.25. The van der Waals surface area contributed by atoms with Crippen molar-refractivity contribution < 1.29 is 69.0 Å². The van der Waals surface area contributed by atoms with Crippen molar-refractivity contribution in [1.82, 2.24) is 0 Å². The fourth-order valence-electron chi connectivity index (χ4n) is 2.25. The van der Waals surface area contributed by atoms with Gasteiger partial charge < -0.3 is 19.6 Å². The first kappa shape index (κ1) is 34.5. The van der Waals surface area contributed by atoms with Crippen LogP contribution in [0.1, 0.15) is 84.0 Å². The Morgan fingerprint density at radius 1 is 0.697 bits per heavy atom. The number of phosphoric acid groups is 1. The topological polar surface area (TPSA) is 170 Å². The molecule has 0 aromatic heterocycles. The van der Waals surface area contributed by atoms with Gasteiger partial charge in [-0.1, -0.05) is 77.7 Å². The van der Waals surface area contributed by atoms with Gasteiger partial charge in [-0.3, -0.25) is 0 Å². The van der Waals surface area contributed by atoms with Crippen LogP contribution in [0.15, 0.2) is 12.3 Å². The quantitative estimate of drug-likeness (QED) is 0.0549. The molecule has 15 heteroatoms. The van der Waals surface area contributed by atoms with E-state index in [1.807, 2.05) is 0 Å². The van der Waals surface area contributed by atoms with Gasteiger partial charge in [0.2, 0.25) is 0 Å². The molecule has 33 heavy (non-hydrogen) atoms. The Labute approximate surface area is 194 Å². The van der Waals surface area contributed by atoms with Gasteiger partial charge in [-0.15, -0.1) is 0 Å². The van der Waals surface area contributed by atoms with Crippen LogP contribution in [0.3, 0.4) is 0 Å². The van der Waals surface area contributed by atoms with Gasteiger partial charge in [0, 0.05) is 6.42 Å². The molecule has 0 amide bonds. The highest BCUT2D eigenvalue weighted by Gasteiger charge is 2.01. The molecule has 0 saturated carbocycles. The predicted molar refractivity (Wildman–Crippen MR) is 111 cm³/mol. The van der Waals surface area contributed by atoms with E-state index in [0.717, 1.165) is 12.8 Å². The number of hydrogen-bond acceptors (Lipinski definition) is 11. The van der Waals surface area contributed by atoms with E-state index in [2.05, 4.69) is 58.4 Å². The monoisotopic (exact) mass is 510 g/mol. The normalized spacial score (nSPS) is 11.2. The third-order valence-corrected chi connectivity index (χ3v) is 3.72. The average Bonchev–Trinajstić information content (AvgIpc) is 2.75. The Bertz CT molecular complexity index is 440. The minimum Gasteiger partial charge on any atom is -0.313 e. The van der Waals surface area contributed by atoms with Gasteiger partial charge in [-0.25, -0.2) is 14.3 Å². The maximum Gasteiger partial charge on any atom is 0.466 e. The van der Waals surface area contributed by atoms with Gasteiger partial charge in [0.05, 0.1) is 20.3 Å². The standard InChI is InChI=1S/C18H36O10.H3O4P/c1-4-5-6-7-8-9-10-11-12-13-14-16-20-24-26-28-27-25-21-17-15-18(2)22-23-19-3;1-5(2,3)4/h2,4-17H2,1,3H3;(H3,1,2,3,4). The van der Waals surface area contributed by atoms with Crippen molar-refractivity contribution in [1.29, 1.82) is 0 Å². The van der Waals surface area contributed by atoms with Gasteiger partial charge in [0.25, 0.3) is 0 Å². The molecule has 3 N–H and O–H groups in total. The second-order valence-electron chi connectivity index (χ2n) is 6.64. The van der Waals surface area contributed by atoms with E-state index in [0.29, 0.717) is 6.61 Å². The minimum absolute atomic E-state index is 0.0610. The molecule has 0 fully saturated rings.